The second-order valence-electron chi connectivity index (χ2n) is 6.22. The lowest BCUT2D eigenvalue weighted by Crippen LogP contribution is -2.10. The third-order valence-corrected chi connectivity index (χ3v) is 5.44. The second-order valence-corrected chi connectivity index (χ2v) is 7.83. The average molecular weight is 428 g/mol. The number of aromatic nitrogens is 5. The van der Waals surface area contributed by atoms with Crippen LogP contribution in [0.5, 0.6) is 0 Å². The molecule has 4 rings (SSSR count). The fraction of sp³-hybridized carbons (Fsp3) is 0.105. The Labute approximate surface area is 173 Å². The fourth-order valence-corrected chi connectivity index (χ4v) is 4.23. The molecule has 0 aliphatic carbocycles. The van der Waals surface area contributed by atoms with Gasteiger partial charge in [-0.3, -0.25) is 9.59 Å². The highest BCUT2D eigenvalue weighted by molar-refractivity contribution is 7.19. The number of fused-ring (bicyclic) bond motifs is 1. The molecule has 3 aromatic heterocycles. The summed E-state index contributed by atoms with van der Waals surface area (Å²) in [7, 11) is 0. The van der Waals surface area contributed by atoms with Crippen molar-refractivity contribution >= 4 is 50.2 Å². The van der Waals surface area contributed by atoms with E-state index in [4.69, 9.17) is 16.7 Å². The van der Waals surface area contributed by atoms with E-state index in [1.54, 1.807) is 0 Å². The number of carboxylic acids is 1. The van der Waals surface area contributed by atoms with Gasteiger partial charge >= 0.3 is 5.97 Å². The van der Waals surface area contributed by atoms with Crippen molar-refractivity contribution in [2.24, 2.45) is 0 Å². The molecule has 0 atom stereocenters. The Kier molecular flexibility index (Phi) is 4.99. The molecule has 0 amide bonds. The van der Waals surface area contributed by atoms with Crippen LogP contribution >= 0.6 is 22.9 Å². The first-order valence-electron chi connectivity index (χ1n) is 8.50. The van der Waals surface area contributed by atoms with Gasteiger partial charge in [0.25, 0.3) is 5.56 Å². The summed E-state index contributed by atoms with van der Waals surface area (Å²) in [5, 5.41) is 17.0. The highest BCUT2D eigenvalue weighted by Crippen LogP contribution is 2.35. The van der Waals surface area contributed by atoms with Gasteiger partial charge in [-0.05, 0) is 18.6 Å². The summed E-state index contributed by atoms with van der Waals surface area (Å²) < 4.78 is 1.17. The maximum Gasteiger partial charge on any atom is 0.325 e. The second kappa shape index (κ2) is 7.61. The minimum Gasteiger partial charge on any atom is -0.480 e. The minimum absolute atomic E-state index is 0.165. The molecule has 0 aliphatic heterocycles. The summed E-state index contributed by atoms with van der Waals surface area (Å²) in [6, 6.07) is 9.67. The van der Waals surface area contributed by atoms with Crippen molar-refractivity contribution in [3.63, 3.8) is 0 Å². The van der Waals surface area contributed by atoms with Crippen LogP contribution in [0.1, 0.15) is 16.4 Å². The van der Waals surface area contributed by atoms with Gasteiger partial charge in [0, 0.05) is 10.4 Å². The third-order valence-electron chi connectivity index (χ3n) is 4.15. The molecule has 0 aliphatic rings. The van der Waals surface area contributed by atoms with Crippen LogP contribution in [0.15, 0.2) is 41.3 Å². The molecule has 146 valence electrons. The molecule has 8 nitrogen and oxygen atoms in total. The molecule has 2 N–H and O–H groups in total. The number of rotatable bonds is 5. The number of benzene rings is 1. The van der Waals surface area contributed by atoms with Gasteiger partial charge in [-0.1, -0.05) is 47.1 Å². The van der Waals surface area contributed by atoms with E-state index in [1.807, 2.05) is 37.3 Å². The molecule has 0 saturated carbocycles. The standard InChI is InChI=1S/C19H14ClN5O3S/c1-10-15(11-5-3-2-4-6-11)16-18(28)21-17(22-19(16)29-10)13(20)7-12-8-25(24-23-12)9-14(26)27/h2-8H,9H2,1H3,(H,26,27)(H,21,22,28)/b13-7-. The van der Waals surface area contributed by atoms with E-state index in [9.17, 15) is 9.59 Å². The molecule has 0 radical (unpaired) electrons. The van der Waals surface area contributed by atoms with Crippen LogP contribution in [0.25, 0.3) is 32.5 Å². The zero-order chi connectivity index (χ0) is 20.5. The van der Waals surface area contributed by atoms with Gasteiger partial charge < -0.3 is 10.1 Å². The van der Waals surface area contributed by atoms with Gasteiger partial charge in [0.2, 0.25) is 0 Å². The van der Waals surface area contributed by atoms with E-state index >= 15 is 0 Å². The number of carbonyl (C=O) groups is 1. The smallest absolute Gasteiger partial charge is 0.325 e. The Morgan fingerprint density at radius 2 is 2.10 bits per heavy atom. The molecule has 0 fully saturated rings. The first-order chi connectivity index (χ1) is 13.9. The van der Waals surface area contributed by atoms with Crippen LogP contribution in [0.3, 0.4) is 0 Å². The van der Waals surface area contributed by atoms with E-state index in [1.165, 1.54) is 28.3 Å². The molecule has 3 heterocycles. The molecule has 10 heteroatoms. The number of thiophene rings is 1. The minimum atomic E-state index is -1.03. The van der Waals surface area contributed by atoms with E-state index in [0.717, 1.165) is 16.0 Å². The van der Waals surface area contributed by atoms with Gasteiger partial charge in [-0.2, -0.15) is 0 Å². The van der Waals surface area contributed by atoms with Crippen LogP contribution in [-0.2, 0) is 11.3 Å². The Morgan fingerprint density at radius 1 is 1.34 bits per heavy atom. The number of hydrogen-bond donors (Lipinski definition) is 2. The van der Waals surface area contributed by atoms with Crippen molar-refractivity contribution in [2.45, 2.75) is 13.5 Å². The predicted molar refractivity (Wildman–Crippen MR) is 112 cm³/mol. The topological polar surface area (TPSA) is 114 Å². The van der Waals surface area contributed by atoms with Crippen molar-refractivity contribution in [1.82, 2.24) is 25.0 Å². The van der Waals surface area contributed by atoms with Crippen molar-refractivity contribution < 1.29 is 9.90 Å². The summed E-state index contributed by atoms with van der Waals surface area (Å²) in [6.07, 6.45) is 2.91. The molecule has 1 aromatic carbocycles. The fourth-order valence-electron chi connectivity index (χ4n) is 2.98. The van der Waals surface area contributed by atoms with Crippen molar-refractivity contribution in [1.29, 1.82) is 0 Å². The normalized spacial score (nSPS) is 11.9. The van der Waals surface area contributed by atoms with Crippen molar-refractivity contribution in [3.8, 4) is 11.1 Å². The van der Waals surface area contributed by atoms with Crippen LogP contribution in [0.4, 0.5) is 0 Å². The number of aryl methyl sites for hydroxylation is 1. The maximum atomic E-state index is 12.8. The number of halogens is 1. The zero-order valence-corrected chi connectivity index (χ0v) is 16.7. The van der Waals surface area contributed by atoms with Gasteiger partial charge in [0.05, 0.1) is 16.6 Å². The summed E-state index contributed by atoms with van der Waals surface area (Å²) in [5.41, 5.74) is 1.89. The quantitative estimate of drug-likeness (QED) is 0.504. The molecule has 0 spiro atoms. The van der Waals surface area contributed by atoms with Crippen molar-refractivity contribution in [2.75, 3.05) is 0 Å². The third kappa shape index (κ3) is 3.82. The number of nitrogens with zero attached hydrogens (tertiary/aromatic N) is 4. The van der Waals surface area contributed by atoms with Gasteiger partial charge in [0.1, 0.15) is 17.1 Å². The maximum absolute atomic E-state index is 12.8. The first-order valence-corrected chi connectivity index (χ1v) is 9.70. The average Bonchev–Trinajstić information content (AvgIpc) is 3.25. The lowest BCUT2D eigenvalue weighted by molar-refractivity contribution is -0.137. The molecule has 0 saturated heterocycles. The summed E-state index contributed by atoms with van der Waals surface area (Å²) >= 11 is 7.75. The van der Waals surface area contributed by atoms with Crippen LogP contribution < -0.4 is 5.56 Å². The molecule has 4 aromatic rings. The number of aromatic amines is 1. The Balaban J connectivity index is 1.75. The first kappa shape index (κ1) is 19.0. The number of H-pyrrole nitrogens is 1. The number of aliphatic carboxylic acids is 1. The van der Waals surface area contributed by atoms with Gasteiger partial charge in [-0.15, -0.1) is 16.4 Å². The van der Waals surface area contributed by atoms with E-state index < -0.39 is 5.97 Å². The molecular formula is C19H14ClN5O3S. The Bertz CT molecular complexity index is 1310. The largest absolute Gasteiger partial charge is 0.480 e. The summed E-state index contributed by atoms with van der Waals surface area (Å²) in [6.45, 7) is 1.64. The van der Waals surface area contributed by atoms with Crippen LogP contribution in [0.2, 0.25) is 0 Å². The predicted octanol–water partition coefficient (Wildman–Crippen LogP) is 3.37. The number of nitrogens with one attached hydrogen (secondary N) is 1. The van der Waals surface area contributed by atoms with Crippen LogP contribution in [0, 0.1) is 6.92 Å². The summed E-state index contributed by atoms with van der Waals surface area (Å²) in [4.78, 5) is 32.4. The highest BCUT2D eigenvalue weighted by Gasteiger charge is 2.17. The SMILES string of the molecule is Cc1sc2nc(/C(Cl)=C/c3cn(CC(=O)O)nn3)[nH]c(=O)c2c1-c1ccccc1. The number of hydrogen-bond acceptors (Lipinski definition) is 6. The highest BCUT2D eigenvalue weighted by atomic mass is 35.5. The molecule has 0 unspecified atom stereocenters. The monoisotopic (exact) mass is 427 g/mol. The lowest BCUT2D eigenvalue weighted by atomic mass is 10.0. The Morgan fingerprint density at radius 3 is 2.83 bits per heavy atom. The van der Waals surface area contributed by atoms with Gasteiger partial charge in [-0.25, -0.2) is 9.67 Å². The van der Waals surface area contributed by atoms with E-state index in [-0.39, 0.29) is 23.0 Å². The van der Waals surface area contributed by atoms with Crippen LogP contribution in [-0.4, -0.2) is 36.0 Å². The number of carboxylic acid groups (broad SMARTS) is 1. The molecule has 0 bridgehead atoms. The van der Waals surface area contributed by atoms with Crippen molar-refractivity contribution in [3.05, 3.63) is 63.3 Å². The molecular weight excluding hydrogens is 414 g/mol. The molecule has 29 heavy (non-hydrogen) atoms. The zero-order valence-electron chi connectivity index (χ0n) is 15.1. The van der Waals surface area contributed by atoms with E-state index in [0.29, 0.717) is 15.9 Å². The summed E-state index contributed by atoms with van der Waals surface area (Å²) in [5.74, 6) is -0.826. The van der Waals surface area contributed by atoms with Gasteiger partial charge in [0.15, 0.2) is 5.82 Å². The Hall–Kier alpha value is -3.30. The van der Waals surface area contributed by atoms with E-state index in [2.05, 4.69) is 20.3 Å². The lowest BCUT2D eigenvalue weighted by Gasteiger charge is -2.02.